The number of pyridine rings is 1. The van der Waals surface area contributed by atoms with Crippen LogP contribution >= 0.6 is 11.8 Å². The van der Waals surface area contributed by atoms with Gasteiger partial charge < -0.3 is 14.4 Å². The Balaban J connectivity index is 1.26. The second kappa shape index (κ2) is 10.7. The number of likely N-dealkylation sites (N-methyl/N-ethyl adjacent to an activating group) is 1. The predicted octanol–water partition coefficient (Wildman–Crippen LogP) is 4.50. The molecule has 8 heteroatoms. The van der Waals surface area contributed by atoms with E-state index in [1.807, 2.05) is 78.7 Å². The van der Waals surface area contributed by atoms with Gasteiger partial charge in [-0.05, 0) is 53.2 Å². The van der Waals surface area contributed by atoms with E-state index < -0.39 is 0 Å². The molecular formula is C25H23N3O4S. The fraction of sp³-hybridized carbons (Fsp3) is 0.160. The highest BCUT2D eigenvalue weighted by atomic mass is 32.2. The lowest BCUT2D eigenvalue weighted by molar-refractivity contribution is -0.115. The summed E-state index contributed by atoms with van der Waals surface area (Å²) in [7, 11) is 1.95. The second-order valence-electron chi connectivity index (χ2n) is 7.32. The van der Waals surface area contributed by atoms with E-state index in [-0.39, 0.29) is 11.1 Å². The van der Waals surface area contributed by atoms with Gasteiger partial charge >= 0.3 is 0 Å². The van der Waals surface area contributed by atoms with Crippen LogP contribution in [0.1, 0.15) is 11.1 Å². The Bertz CT molecular complexity index is 1150. The Morgan fingerprint density at radius 1 is 1.00 bits per heavy atom. The first-order chi connectivity index (χ1) is 16.1. The van der Waals surface area contributed by atoms with E-state index in [2.05, 4.69) is 10.3 Å². The number of carbonyl (C=O) groups is 2. The molecule has 1 aromatic heterocycles. The van der Waals surface area contributed by atoms with E-state index in [1.54, 1.807) is 12.3 Å². The minimum atomic E-state index is -0.373. The van der Waals surface area contributed by atoms with Crippen molar-refractivity contribution in [2.45, 2.75) is 6.61 Å². The van der Waals surface area contributed by atoms with Crippen LogP contribution in [0.15, 0.2) is 77.8 Å². The fourth-order valence-electron chi connectivity index (χ4n) is 3.11. The summed E-state index contributed by atoms with van der Waals surface area (Å²) in [6, 6.07) is 21.2. The Morgan fingerprint density at radius 3 is 2.58 bits per heavy atom. The van der Waals surface area contributed by atoms with Crippen molar-refractivity contribution in [2.24, 2.45) is 0 Å². The van der Waals surface area contributed by atoms with Crippen LogP contribution in [0.3, 0.4) is 0 Å². The van der Waals surface area contributed by atoms with Crippen LogP contribution < -0.4 is 19.7 Å². The normalized spacial score (nSPS) is 14.3. The lowest BCUT2D eigenvalue weighted by Gasteiger charge is -2.18. The summed E-state index contributed by atoms with van der Waals surface area (Å²) in [5, 5.41) is 1.89. The topological polar surface area (TPSA) is 80.8 Å². The van der Waals surface area contributed by atoms with E-state index in [9.17, 15) is 9.59 Å². The first-order valence-corrected chi connectivity index (χ1v) is 11.2. The molecule has 0 spiro atoms. The molecule has 1 N–H and O–H groups in total. The van der Waals surface area contributed by atoms with Crippen molar-refractivity contribution in [3.8, 4) is 11.5 Å². The van der Waals surface area contributed by atoms with Crippen LogP contribution in [0.2, 0.25) is 0 Å². The molecule has 4 rings (SSSR count). The molecule has 1 aliphatic heterocycles. The monoisotopic (exact) mass is 461 g/mol. The minimum Gasteiger partial charge on any atom is -0.492 e. The molecule has 3 aromatic rings. The maximum atomic E-state index is 11.7. The standard InChI is InChI=1S/C25H23N3O4S/c1-28(23-11-10-21(16-26-23)32-17-18-6-3-2-4-7-18)12-13-31-20-9-5-8-19(14-20)15-22-24(29)27-25(30)33-22/h2-11,14-16H,12-13,17H2,1H3,(H,27,29,30)/b22-15-. The SMILES string of the molecule is CN(CCOc1cccc(/C=C2\SC(=O)NC2=O)c1)c1ccc(OCc2ccccc2)cn1. The summed E-state index contributed by atoms with van der Waals surface area (Å²) in [5.74, 6) is 1.85. The first-order valence-electron chi connectivity index (χ1n) is 10.4. The molecule has 1 saturated heterocycles. The first kappa shape index (κ1) is 22.4. The minimum absolute atomic E-state index is 0.355. The third kappa shape index (κ3) is 6.36. The molecule has 1 fully saturated rings. The summed E-state index contributed by atoms with van der Waals surface area (Å²) in [6.45, 7) is 1.59. The maximum Gasteiger partial charge on any atom is 0.290 e. The highest BCUT2D eigenvalue weighted by Gasteiger charge is 2.24. The fourth-order valence-corrected chi connectivity index (χ4v) is 3.79. The van der Waals surface area contributed by atoms with Gasteiger partial charge in [0.2, 0.25) is 0 Å². The summed E-state index contributed by atoms with van der Waals surface area (Å²) >= 11 is 0.895. The summed E-state index contributed by atoms with van der Waals surface area (Å²) in [5.41, 5.74) is 1.90. The van der Waals surface area contributed by atoms with Gasteiger partial charge in [0.15, 0.2) is 0 Å². The van der Waals surface area contributed by atoms with Gasteiger partial charge in [0.1, 0.15) is 30.5 Å². The molecule has 2 heterocycles. The van der Waals surface area contributed by atoms with Gasteiger partial charge in [-0.3, -0.25) is 14.9 Å². The molecule has 0 bridgehead atoms. The summed E-state index contributed by atoms with van der Waals surface area (Å²) < 4.78 is 11.6. The molecule has 2 amide bonds. The number of amides is 2. The zero-order valence-electron chi connectivity index (χ0n) is 18.1. The average molecular weight is 462 g/mol. The Hall–Kier alpha value is -3.78. The second-order valence-corrected chi connectivity index (χ2v) is 8.34. The average Bonchev–Trinajstić information content (AvgIpc) is 3.15. The van der Waals surface area contributed by atoms with Crippen LogP contribution in [-0.4, -0.2) is 36.3 Å². The maximum absolute atomic E-state index is 11.7. The molecule has 0 saturated carbocycles. The predicted molar refractivity (Wildman–Crippen MR) is 129 cm³/mol. The molecule has 0 unspecified atom stereocenters. The third-order valence-corrected chi connectivity index (χ3v) is 5.66. The lowest BCUT2D eigenvalue weighted by Crippen LogP contribution is -2.24. The van der Waals surface area contributed by atoms with Crippen molar-refractivity contribution in [1.82, 2.24) is 10.3 Å². The summed E-state index contributed by atoms with van der Waals surface area (Å²) in [6.07, 6.45) is 3.39. The molecule has 7 nitrogen and oxygen atoms in total. The molecule has 0 radical (unpaired) electrons. The lowest BCUT2D eigenvalue weighted by atomic mass is 10.2. The van der Waals surface area contributed by atoms with Gasteiger partial charge in [0, 0.05) is 7.05 Å². The van der Waals surface area contributed by atoms with Gasteiger partial charge in [-0.15, -0.1) is 0 Å². The number of imide groups is 1. The molecular weight excluding hydrogens is 438 g/mol. The van der Waals surface area contributed by atoms with Crippen LogP contribution in [-0.2, 0) is 11.4 Å². The number of ether oxygens (including phenoxy) is 2. The molecule has 0 aliphatic carbocycles. The number of thioether (sulfide) groups is 1. The molecule has 168 valence electrons. The van der Waals surface area contributed by atoms with E-state index >= 15 is 0 Å². The van der Waals surface area contributed by atoms with Gasteiger partial charge in [-0.25, -0.2) is 4.98 Å². The quantitative estimate of drug-likeness (QED) is 0.470. The number of nitrogens with zero attached hydrogens (tertiary/aromatic N) is 2. The molecule has 2 aromatic carbocycles. The van der Waals surface area contributed by atoms with Crippen molar-refractivity contribution >= 4 is 34.8 Å². The number of aromatic nitrogens is 1. The van der Waals surface area contributed by atoms with Gasteiger partial charge in [0.25, 0.3) is 11.1 Å². The molecule has 0 atom stereocenters. The Morgan fingerprint density at radius 2 is 1.85 bits per heavy atom. The number of hydrogen-bond donors (Lipinski definition) is 1. The molecule has 1 aliphatic rings. The van der Waals surface area contributed by atoms with Crippen LogP contribution in [0, 0.1) is 0 Å². The largest absolute Gasteiger partial charge is 0.492 e. The zero-order chi connectivity index (χ0) is 23.0. The van der Waals surface area contributed by atoms with Crippen molar-refractivity contribution in [3.05, 3.63) is 89.0 Å². The third-order valence-electron chi connectivity index (χ3n) is 4.85. The van der Waals surface area contributed by atoms with Crippen molar-refractivity contribution in [1.29, 1.82) is 0 Å². The van der Waals surface area contributed by atoms with Crippen molar-refractivity contribution in [3.63, 3.8) is 0 Å². The van der Waals surface area contributed by atoms with E-state index in [4.69, 9.17) is 9.47 Å². The van der Waals surface area contributed by atoms with Gasteiger partial charge in [-0.2, -0.15) is 0 Å². The van der Waals surface area contributed by atoms with Crippen LogP contribution in [0.5, 0.6) is 11.5 Å². The van der Waals surface area contributed by atoms with Gasteiger partial charge in [-0.1, -0.05) is 42.5 Å². The van der Waals surface area contributed by atoms with E-state index in [0.717, 1.165) is 28.7 Å². The molecule has 33 heavy (non-hydrogen) atoms. The van der Waals surface area contributed by atoms with Crippen molar-refractivity contribution in [2.75, 3.05) is 25.1 Å². The van der Waals surface area contributed by atoms with Crippen molar-refractivity contribution < 1.29 is 19.1 Å². The zero-order valence-corrected chi connectivity index (χ0v) is 18.9. The number of carbonyl (C=O) groups excluding carboxylic acids is 2. The summed E-state index contributed by atoms with van der Waals surface area (Å²) in [4.78, 5) is 29.9. The number of rotatable bonds is 9. The smallest absolute Gasteiger partial charge is 0.290 e. The van der Waals surface area contributed by atoms with E-state index in [1.165, 1.54) is 0 Å². The number of anilines is 1. The number of nitrogens with one attached hydrogen (secondary N) is 1. The number of hydrogen-bond acceptors (Lipinski definition) is 7. The van der Waals surface area contributed by atoms with Crippen LogP contribution in [0.25, 0.3) is 6.08 Å². The van der Waals surface area contributed by atoms with Crippen LogP contribution in [0.4, 0.5) is 10.6 Å². The Labute approximate surface area is 196 Å². The number of benzene rings is 2. The van der Waals surface area contributed by atoms with Gasteiger partial charge in [0.05, 0.1) is 17.6 Å². The highest BCUT2D eigenvalue weighted by Crippen LogP contribution is 2.26. The Kier molecular flexibility index (Phi) is 7.26. The van der Waals surface area contributed by atoms with E-state index in [0.29, 0.717) is 36.2 Å². The highest BCUT2D eigenvalue weighted by molar-refractivity contribution is 8.18.